The number of rotatable bonds is 3. The van der Waals surface area contributed by atoms with Crippen LogP contribution in [0.5, 0.6) is 0 Å². The molecule has 0 amide bonds. The Morgan fingerprint density at radius 3 is 2.93 bits per heavy atom. The SMILES string of the molecule is CCc1nc(NC2CCCC2)cc(=O)[nH]1. The molecule has 4 nitrogen and oxygen atoms in total. The number of H-pyrrole nitrogens is 1. The van der Waals surface area contributed by atoms with Crippen molar-refractivity contribution in [2.75, 3.05) is 5.32 Å². The van der Waals surface area contributed by atoms with Crippen molar-refractivity contribution in [2.24, 2.45) is 0 Å². The van der Waals surface area contributed by atoms with Crippen LogP contribution in [0.3, 0.4) is 0 Å². The van der Waals surface area contributed by atoms with E-state index in [1.807, 2.05) is 6.92 Å². The van der Waals surface area contributed by atoms with Crippen LogP contribution in [0.4, 0.5) is 5.82 Å². The summed E-state index contributed by atoms with van der Waals surface area (Å²) in [5.41, 5.74) is -0.0673. The maximum absolute atomic E-state index is 11.3. The van der Waals surface area contributed by atoms with Gasteiger partial charge in [-0.15, -0.1) is 0 Å². The van der Waals surface area contributed by atoms with Crippen LogP contribution < -0.4 is 10.9 Å². The fourth-order valence-electron chi connectivity index (χ4n) is 2.03. The molecule has 1 saturated carbocycles. The predicted octanol–water partition coefficient (Wildman–Crippen LogP) is 1.69. The van der Waals surface area contributed by atoms with Crippen molar-refractivity contribution in [3.63, 3.8) is 0 Å². The molecule has 1 aliphatic carbocycles. The molecule has 4 heteroatoms. The minimum Gasteiger partial charge on any atom is -0.367 e. The molecule has 0 bridgehead atoms. The van der Waals surface area contributed by atoms with Gasteiger partial charge >= 0.3 is 0 Å². The second-order valence-electron chi connectivity index (χ2n) is 4.06. The monoisotopic (exact) mass is 207 g/mol. The van der Waals surface area contributed by atoms with Crippen molar-refractivity contribution in [1.29, 1.82) is 0 Å². The Labute approximate surface area is 89.1 Å². The molecule has 15 heavy (non-hydrogen) atoms. The number of hydrogen-bond donors (Lipinski definition) is 2. The quantitative estimate of drug-likeness (QED) is 0.793. The first-order valence-electron chi connectivity index (χ1n) is 5.64. The highest BCUT2D eigenvalue weighted by molar-refractivity contribution is 5.34. The molecule has 1 aliphatic rings. The molecule has 1 heterocycles. The zero-order valence-corrected chi connectivity index (χ0v) is 9.05. The third kappa shape index (κ3) is 2.58. The Hall–Kier alpha value is -1.32. The highest BCUT2D eigenvalue weighted by Gasteiger charge is 2.15. The fourth-order valence-corrected chi connectivity index (χ4v) is 2.03. The van der Waals surface area contributed by atoms with Gasteiger partial charge in [0.25, 0.3) is 5.56 Å². The van der Waals surface area contributed by atoms with Crippen LogP contribution in [0.1, 0.15) is 38.4 Å². The van der Waals surface area contributed by atoms with E-state index in [0.29, 0.717) is 6.04 Å². The molecule has 0 spiro atoms. The van der Waals surface area contributed by atoms with E-state index in [-0.39, 0.29) is 5.56 Å². The van der Waals surface area contributed by atoms with Crippen molar-refractivity contribution in [2.45, 2.75) is 45.1 Å². The molecule has 1 fully saturated rings. The van der Waals surface area contributed by atoms with Crippen molar-refractivity contribution >= 4 is 5.82 Å². The Morgan fingerprint density at radius 1 is 1.53 bits per heavy atom. The lowest BCUT2D eigenvalue weighted by molar-refractivity contribution is 0.746. The van der Waals surface area contributed by atoms with Gasteiger partial charge in [-0.25, -0.2) is 4.98 Å². The zero-order chi connectivity index (χ0) is 10.7. The van der Waals surface area contributed by atoms with Crippen molar-refractivity contribution in [1.82, 2.24) is 9.97 Å². The van der Waals surface area contributed by atoms with Crippen LogP contribution in [0.2, 0.25) is 0 Å². The molecule has 1 aromatic heterocycles. The van der Waals surface area contributed by atoms with Crippen LogP contribution in [0.25, 0.3) is 0 Å². The van der Waals surface area contributed by atoms with Gasteiger partial charge in [0.2, 0.25) is 0 Å². The highest BCUT2D eigenvalue weighted by atomic mass is 16.1. The molecular weight excluding hydrogens is 190 g/mol. The Morgan fingerprint density at radius 2 is 2.27 bits per heavy atom. The number of aromatic nitrogens is 2. The first kappa shape index (κ1) is 10.2. The summed E-state index contributed by atoms with van der Waals surface area (Å²) in [7, 11) is 0. The molecule has 82 valence electrons. The molecule has 0 unspecified atom stereocenters. The molecule has 0 radical (unpaired) electrons. The molecule has 0 aromatic carbocycles. The second kappa shape index (κ2) is 4.47. The average Bonchev–Trinajstić information content (AvgIpc) is 2.69. The summed E-state index contributed by atoms with van der Waals surface area (Å²) in [6.07, 6.45) is 5.70. The normalized spacial score (nSPS) is 16.9. The third-order valence-corrected chi connectivity index (χ3v) is 2.83. The first-order valence-corrected chi connectivity index (χ1v) is 5.64. The topological polar surface area (TPSA) is 57.8 Å². The van der Waals surface area contributed by atoms with Gasteiger partial charge in [-0.05, 0) is 12.8 Å². The number of anilines is 1. The molecule has 0 saturated heterocycles. The molecule has 2 rings (SSSR count). The smallest absolute Gasteiger partial charge is 0.252 e. The number of aryl methyl sites for hydroxylation is 1. The lowest BCUT2D eigenvalue weighted by Crippen LogP contribution is -2.19. The Balaban J connectivity index is 2.12. The summed E-state index contributed by atoms with van der Waals surface area (Å²) in [6, 6.07) is 2.04. The van der Waals surface area contributed by atoms with Gasteiger partial charge in [0, 0.05) is 18.5 Å². The molecular formula is C11H17N3O. The van der Waals surface area contributed by atoms with Gasteiger partial charge in [-0.1, -0.05) is 19.8 Å². The van der Waals surface area contributed by atoms with Crippen molar-refractivity contribution in [3.05, 3.63) is 22.2 Å². The zero-order valence-electron chi connectivity index (χ0n) is 9.05. The van der Waals surface area contributed by atoms with E-state index in [2.05, 4.69) is 15.3 Å². The van der Waals surface area contributed by atoms with Crippen molar-refractivity contribution < 1.29 is 0 Å². The van der Waals surface area contributed by atoms with Gasteiger partial charge in [0.15, 0.2) is 0 Å². The second-order valence-corrected chi connectivity index (χ2v) is 4.06. The van der Waals surface area contributed by atoms with Gasteiger partial charge in [0.1, 0.15) is 11.6 Å². The molecule has 0 atom stereocenters. The van der Waals surface area contributed by atoms with Crippen LogP contribution in [-0.4, -0.2) is 16.0 Å². The summed E-state index contributed by atoms with van der Waals surface area (Å²) in [4.78, 5) is 18.4. The fraction of sp³-hybridized carbons (Fsp3) is 0.636. The van der Waals surface area contributed by atoms with Crippen LogP contribution in [-0.2, 0) is 6.42 Å². The molecule has 1 aromatic rings. The lowest BCUT2D eigenvalue weighted by atomic mass is 10.2. The number of hydrogen-bond acceptors (Lipinski definition) is 3. The molecule has 0 aliphatic heterocycles. The van der Waals surface area contributed by atoms with E-state index < -0.39 is 0 Å². The largest absolute Gasteiger partial charge is 0.367 e. The van der Waals surface area contributed by atoms with E-state index >= 15 is 0 Å². The van der Waals surface area contributed by atoms with Gasteiger partial charge in [0.05, 0.1) is 0 Å². The van der Waals surface area contributed by atoms with E-state index in [1.54, 1.807) is 0 Å². The Kier molecular flexibility index (Phi) is 3.04. The summed E-state index contributed by atoms with van der Waals surface area (Å²) < 4.78 is 0. The summed E-state index contributed by atoms with van der Waals surface area (Å²) >= 11 is 0. The minimum absolute atomic E-state index is 0.0673. The summed E-state index contributed by atoms with van der Waals surface area (Å²) in [5.74, 6) is 1.48. The maximum Gasteiger partial charge on any atom is 0.252 e. The van der Waals surface area contributed by atoms with Crippen molar-refractivity contribution in [3.8, 4) is 0 Å². The van der Waals surface area contributed by atoms with Gasteiger partial charge in [-0.2, -0.15) is 0 Å². The Bertz CT molecular complexity index is 380. The van der Waals surface area contributed by atoms with E-state index in [4.69, 9.17) is 0 Å². The average molecular weight is 207 g/mol. The highest BCUT2D eigenvalue weighted by Crippen LogP contribution is 2.20. The first-order chi connectivity index (χ1) is 7.28. The van der Waals surface area contributed by atoms with Crippen LogP contribution >= 0.6 is 0 Å². The summed E-state index contributed by atoms with van der Waals surface area (Å²) in [6.45, 7) is 1.98. The van der Waals surface area contributed by atoms with Crippen LogP contribution in [0, 0.1) is 0 Å². The lowest BCUT2D eigenvalue weighted by Gasteiger charge is -2.12. The van der Waals surface area contributed by atoms with Gasteiger partial charge in [-0.3, -0.25) is 4.79 Å². The summed E-state index contributed by atoms with van der Waals surface area (Å²) in [5, 5.41) is 3.33. The number of nitrogens with zero attached hydrogens (tertiary/aromatic N) is 1. The van der Waals surface area contributed by atoms with E-state index in [0.717, 1.165) is 18.1 Å². The number of aromatic amines is 1. The van der Waals surface area contributed by atoms with Gasteiger partial charge < -0.3 is 10.3 Å². The van der Waals surface area contributed by atoms with Crippen LogP contribution in [0.15, 0.2) is 10.9 Å². The molecule has 2 N–H and O–H groups in total. The third-order valence-electron chi connectivity index (χ3n) is 2.83. The minimum atomic E-state index is -0.0673. The van der Waals surface area contributed by atoms with E-state index in [9.17, 15) is 4.79 Å². The predicted molar refractivity (Wildman–Crippen MR) is 60.1 cm³/mol. The maximum atomic E-state index is 11.3. The number of nitrogens with one attached hydrogen (secondary N) is 2. The van der Waals surface area contributed by atoms with E-state index in [1.165, 1.54) is 31.7 Å². The standard InChI is InChI=1S/C11H17N3O/c1-2-9-13-10(7-11(15)14-9)12-8-5-3-4-6-8/h7-8H,2-6H2,1H3,(H2,12,13,14,15).